The molecular formula is C13H19F2N. The van der Waals surface area contributed by atoms with Crippen molar-refractivity contribution >= 4 is 5.71 Å². The SMILES string of the molecule is CC(=N)c1ccccc1C(F)F.CC(C)C. The van der Waals surface area contributed by atoms with Crippen LogP contribution in [0.25, 0.3) is 0 Å². The summed E-state index contributed by atoms with van der Waals surface area (Å²) < 4.78 is 24.6. The van der Waals surface area contributed by atoms with E-state index >= 15 is 0 Å². The second kappa shape index (κ2) is 7.09. The van der Waals surface area contributed by atoms with Crippen molar-refractivity contribution < 1.29 is 8.78 Å². The van der Waals surface area contributed by atoms with Gasteiger partial charge in [-0.2, -0.15) is 0 Å². The highest BCUT2D eigenvalue weighted by molar-refractivity contribution is 5.97. The maximum Gasteiger partial charge on any atom is 0.264 e. The van der Waals surface area contributed by atoms with Crippen LogP contribution in [0.5, 0.6) is 0 Å². The molecule has 1 aromatic rings. The van der Waals surface area contributed by atoms with Gasteiger partial charge in [0, 0.05) is 16.8 Å². The van der Waals surface area contributed by atoms with E-state index in [9.17, 15) is 8.78 Å². The van der Waals surface area contributed by atoms with Crippen molar-refractivity contribution in [2.75, 3.05) is 0 Å². The molecule has 0 radical (unpaired) electrons. The minimum atomic E-state index is -2.50. The Labute approximate surface area is 96.0 Å². The van der Waals surface area contributed by atoms with E-state index in [2.05, 4.69) is 20.8 Å². The fraction of sp³-hybridized carbons (Fsp3) is 0.462. The standard InChI is InChI=1S/C9H9F2N.C4H10/c1-6(12)7-4-2-3-5-8(7)9(10)11;1-4(2)3/h2-5,9,12H,1H3;4H,1-3H3. The zero-order chi connectivity index (χ0) is 12.7. The van der Waals surface area contributed by atoms with Crippen molar-refractivity contribution in [1.82, 2.24) is 0 Å². The van der Waals surface area contributed by atoms with Crippen LogP contribution in [0, 0.1) is 11.3 Å². The van der Waals surface area contributed by atoms with Gasteiger partial charge in [-0.15, -0.1) is 0 Å². The zero-order valence-electron chi connectivity index (χ0n) is 10.2. The molecule has 0 amide bonds. The number of benzene rings is 1. The number of hydrogen-bond donors (Lipinski definition) is 1. The Morgan fingerprint density at radius 2 is 1.56 bits per heavy atom. The van der Waals surface area contributed by atoms with Crippen LogP contribution in [-0.2, 0) is 0 Å². The van der Waals surface area contributed by atoms with E-state index in [1.807, 2.05) is 0 Å². The number of nitrogens with one attached hydrogen (secondary N) is 1. The highest BCUT2D eigenvalue weighted by Crippen LogP contribution is 2.22. The van der Waals surface area contributed by atoms with Gasteiger partial charge in [0.05, 0.1) is 0 Å². The molecule has 3 heteroatoms. The van der Waals surface area contributed by atoms with Crippen LogP contribution in [0.4, 0.5) is 8.78 Å². The average molecular weight is 227 g/mol. The number of rotatable bonds is 2. The van der Waals surface area contributed by atoms with Gasteiger partial charge in [-0.05, 0) is 12.8 Å². The predicted molar refractivity (Wildman–Crippen MR) is 64.4 cm³/mol. The quantitative estimate of drug-likeness (QED) is 0.710. The predicted octanol–water partition coefficient (Wildman–Crippen LogP) is 4.67. The van der Waals surface area contributed by atoms with E-state index in [4.69, 9.17) is 5.41 Å². The summed E-state index contributed by atoms with van der Waals surface area (Å²) in [7, 11) is 0. The fourth-order valence-corrected chi connectivity index (χ4v) is 1.03. The van der Waals surface area contributed by atoms with Crippen LogP contribution in [0.15, 0.2) is 24.3 Å². The van der Waals surface area contributed by atoms with Gasteiger partial charge in [-0.25, -0.2) is 8.78 Å². The van der Waals surface area contributed by atoms with E-state index < -0.39 is 6.43 Å². The molecule has 1 aromatic carbocycles. The monoisotopic (exact) mass is 227 g/mol. The minimum absolute atomic E-state index is 0.0648. The summed E-state index contributed by atoms with van der Waals surface area (Å²) in [5.41, 5.74) is 0.434. The normalized spacial score (nSPS) is 10.0. The molecule has 0 aliphatic carbocycles. The van der Waals surface area contributed by atoms with E-state index in [1.165, 1.54) is 19.1 Å². The molecule has 90 valence electrons. The third-order valence-corrected chi connectivity index (χ3v) is 1.60. The number of halogens is 2. The summed E-state index contributed by atoms with van der Waals surface area (Å²) >= 11 is 0. The van der Waals surface area contributed by atoms with Crippen LogP contribution in [-0.4, -0.2) is 5.71 Å². The van der Waals surface area contributed by atoms with Crippen LogP contribution >= 0.6 is 0 Å². The molecule has 0 bridgehead atoms. The van der Waals surface area contributed by atoms with Crippen LogP contribution in [0.2, 0.25) is 0 Å². The van der Waals surface area contributed by atoms with Gasteiger partial charge in [0.1, 0.15) is 0 Å². The Morgan fingerprint density at radius 1 is 1.12 bits per heavy atom. The third kappa shape index (κ3) is 5.59. The molecule has 0 unspecified atom stereocenters. The molecule has 16 heavy (non-hydrogen) atoms. The summed E-state index contributed by atoms with van der Waals surface area (Å²) in [5.74, 6) is 0.833. The van der Waals surface area contributed by atoms with Gasteiger partial charge in [0.15, 0.2) is 0 Å². The smallest absolute Gasteiger partial charge is 0.264 e. The molecule has 1 rings (SSSR count). The molecule has 0 heterocycles. The van der Waals surface area contributed by atoms with Crippen molar-refractivity contribution in [2.45, 2.75) is 34.1 Å². The van der Waals surface area contributed by atoms with Crippen molar-refractivity contribution in [3.05, 3.63) is 35.4 Å². The van der Waals surface area contributed by atoms with Crippen LogP contribution in [0.1, 0.15) is 45.2 Å². The molecule has 0 fully saturated rings. The Morgan fingerprint density at radius 3 is 1.88 bits per heavy atom. The molecule has 0 aromatic heterocycles. The average Bonchev–Trinajstić information content (AvgIpc) is 2.16. The second-order valence-corrected chi connectivity index (χ2v) is 4.24. The van der Waals surface area contributed by atoms with Crippen molar-refractivity contribution in [3.63, 3.8) is 0 Å². The van der Waals surface area contributed by atoms with Gasteiger partial charge >= 0.3 is 0 Å². The summed E-state index contributed by atoms with van der Waals surface area (Å²) in [6.45, 7) is 8.00. The first-order chi connectivity index (χ1) is 7.36. The molecular weight excluding hydrogens is 208 g/mol. The maximum atomic E-state index is 12.3. The summed E-state index contributed by atoms with van der Waals surface area (Å²) in [6, 6.07) is 6.08. The third-order valence-electron chi connectivity index (χ3n) is 1.60. The molecule has 0 aliphatic heterocycles. The number of hydrogen-bond acceptors (Lipinski definition) is 1. The Hall–Kier alpha value is -1.25. The highest BCUT2D eigenvalue weighted by atomic mass is 19.3. The Balaban J connectivity index is 0.000000487. The van der Waals surface area contributed by atoms with Gasteiger partial charge in [0.2, 0.25) is 0 Å². The lowest BCUT2D eigenvalue weighted by Gasteiger charge is -2.05. The molecule has 1 nitrogen and oxygen atoms in total. The van der Waals surface area contributed by atoms with Crippen molar-refractivity contribution in [1.29, 1.82) is 5.41 Å². The molecule has 1 N–H and O–H groups in total. The summed E-state index contributed by atoms with van der Waals surface area (Å²) in [6.07, 6.45) is -2.50. The lowest BCUT2D eigenvalue weighted by molar-refractivity contribution is 0.151. The molecule has 0 atom stereocenters. The number of alkyl halides is 2. The largest absolute Gasteiger partial charge is 0.305 e. The van der Waals surface area contributed by atoms with Crippen LogP contribution < -0.4 is 0 Å². The van der Waals surface area contributed by atoms with Gasteiger partial charge < -0.3 is 5.41 Å². The fourth-order valence-electron chi connectivity index (χ4n) is 1.03. The Bertz CT molecular complexity index is 330. The zero-order valence-corrected chi connectivity index (χ0v) is 10.2. The summed E-state index contributed by atoms with van der Waals surface area (Å²) in [5, 5.41) is 7.24. The molecule has 0 spiro atoms. The van der Waals surface area contributed by atoms with Gasteiger partial charge in [-0.1, -0.05) is 45.0 Å². The topological polar surface area (TPSA) is 23.9 Å². The lowest BCUT2D eigenvalue weighted by Crippen LogP contribution is -1.99. The van der Waals surface area contributed by atoms with Crippen LogP contribution in [0.3, 0.4) is 0 Å². The second-order valence-electron chi connectivity index (χ2n) is 4.24. The van der Waals surface area contributed by atoms with Crippen molar-refractivity contribution in [3.8, 4) is 0 Å². The van der Waals surface area contributed by atoms with E-state index in [-0.39, 0.29) is 11.3 Å². The first-order valence-electron chi connectivity index (χ1n) is 5.28. The summed E-state index contributed by atoms with van der Waals surface area (Å²) in [4.78, 5) is 0. The molecule has 0 aliphatic rings. The maximum absolute atomic E-state index is 12.3. The van der Waals surface area contributed by atoms with Gasteiger partial charge in [0.25, 0.3) is 6.43 Å². The highest BCUT2D eigenvalue weighted by Gasteiger charge is 2.12. The minimum Gasteiger partial charge on any atom is -0.305 e. The van der Waals surface area contributed by atoms with E-state index in [1.54, 1.807) is 12.1 Å². The first-order valence-corrected chi connectivity index (χ1v) is 5.28. The lowest BCUT2D eigenvalue weighted by atomic mass is 10.0. The van der Waals surface area contributed by atoms with Crippen molar-refractivity contribution in [2.24, 2.45) is 5.92 Å². The molecule has 0 saturated carbocycles. The first kappa shape index (κ1) is 14.8. The Kier molecular flexibility index (Phi) is 6.54. The van der Waals surface area contributed by atoms with E-state index in [0.29, 0.717) is 5.56 Å². The van der Waals surface area contributed by atoms with Gasteiger partial charge in [-0.3, -0.25) is 0 Å². The molecule has 0 saturated heterocycles. The van der Waals surface area contributed by atoms with E-state index in [0.717, 1.165) is 5.92 Å².